The molecular weight excluding hydrogens is 310 g/mol. The van der Waals surface area contributed by atoms with Gasteiger partial charge in [0, 0.05) is 25.7 Å². The first-order valence-electron chi connectivity index (χ1n) is 8.73. The Bertz CT molecular complexity index is 540. The van der Waals surface area contributed by atoms with Gasteiger partial charge in [-0.2, -0.15) is 0 Å². The summed E-state index contributed by atoms with van der Waals surface area (Å²) in [5.41, 5.74) is 0.297. The van der Waals surface area contributed by atoms with Crippen LogP contribution in [0, 0.1) is 17.6 Å². The molecule has 0 amide bonds. The van der Waals surface area contributed by atoms with Crippen molar-refractivity contribution >= 4 is 5.96 Å². The quantitative estimate of drug-likeness (QED) is 0.619. The van der Waals surface area contributed by atoms with Crippen LogP contribution in [0.3, 0.4) is 0 Å². The lowest BCUT2D eigenvalue weighted by molar-refractivity contribution is 0.185. The molecule has 0 aliphatic carbocycles. The Morgan fingerprint density at radius 2 is 2.00 bits per heavy atom. The number of rotatable bonds is 6. The van der Waals surface area contributed by atoms with E-state index in [2.05, 4.69) is 27.4 Å². The summed E-state index contributed by atoms with van der Waals surface area (Å²) in [6.07, 6.45) is 3.57. The van der Waals surface area contributed by atoms with Crippen LogP contribution in [-0.2, 0) is 6.54 Å². The van der Waals surface area contributed by atoms with Crippen molar-refractivity contribution in [1.82, 2.24) is 15.5 Å². The van der Waals surface area contributed by atoms with E-state index in [0.29, 0.717) is 17.4 Å². The Kier molecular flexibility index (Phi) is 7.43. The van der Waals surface area contributed by atoms with Gasteiger partial charge in [-0.25, -0.2) is 8.78 Å². The van der Waals surface area contributed by atoms with Crippen LogP contribution in [0.25, 0.3) is 0 Å². The van der Waals surface area contributed by atoms with Gasteiger partial charge < -0.3 is 15.5 Å². The molecule has 6 heteroatoms. The highest BCUT2D eigenvalue weighted by molar-refractivity contribution is 5.79. The van der Waals surface area contributed by atoms with Crippen molar-refractivity contribution in [3.63, 3.8) is 0 Å². The molecule has 2 rings (SSSR count). The van der Waals surface area contributed by atoms with Crippen molar-refractivity contribution in [1.29, 1.82) is 0 Å². The van der Waals surface area contributed by atoms with E-state index in [1.54, 1.807) is 7.05 Å². The summed E-state index contributed by atoms with van der Waals surface area (Å²) >= 11 is 0. The van der Waals surface area contributed by atoms with Gasteiger partial charge in [0.25, 0.3) is 0 Å². The van der Waals surface area contributed by atoms with E-state index in [9.17, 15) is 8.78 Å². The van der Waals surface area contributed by atoms with Crippen molar-refractivity contribution in [2.24, 2.45) is 10.9 Å². The summed E-state index contributed by atoms with van der Waals surface area (Å²) in [7, 11) is 1.68. The molecule has 1 heterocycles. The third kappa shape index (κ3) is 5.74. The number of benzene rings is 1. The Morgan fingerprint density at radius 1 is 1.25 bits per heavy atom. The third-order valence-electron chi connectivity index (χ3n) is 4.48. The topological polar surface area (TPSA) is 39.7 Å². The first kappa shape index (κ1) is 18.6. The maximum atomic E-state index is 13.6. The second-order valence-electron chi connectivity index (χ2n) is 6.33. The summed E-state index contributed by atoms with van der Waals surface area (Å²) in [5, 5.41) is 6.34. The highest BCUT2D eigenvalue weighted by atomic mass is 19.1. The molecule has 1 fully saturated rings. The van der Waals surface area contributed by atoms with Crippen molar-refractivity contribution < 1.29 is 8.78 Å². The molecule has 2 N–H and O–H groups in total. The first-order chi connectivity index (χ1) is 11.6. The third-order valence-corrected chi connectivity index (χ3v) is 4.48. The molecule has 0 aromatic heterocycles. The molecule has 0 bridgehead atoms. The second-order valence-corrected chi connectivity index (χ2v) is 6.33. The van der Waals surface area contributed by atoms with Crippen LogP contribution in [-0.4, -0.2) is 44.1 Å². The van der Waals surface area contributed by atoms with Gasteiger partial charge >= 0.3 is 0 Å². The summed E-state index contributed by atoms with van der Waals surface area (Å²) in [4.78, 5) is 6.66. The van der Waals surface area contributed by atoms with Crippen LogP contribution >= 0.6 is 0 Å². The molecule has 1 aliphatic rings. The van der Waals surface area contributed by atoms with Gasteiger partial charge in [-0.05, 0) is 63.0 Å². The number of likely N-dealkylation sites (tertiary alicyclic amines) is 1. The van der Waals surface area contributed by atoms with E-state index in [1.807, 2.05) is 0 Å². The minimum absolute atomic E-state index is 0.207. The number of halogens is 2. The van der Waals surface area contributed by atoms with Crippen LogP contribution in [0.2, 0.25) is 0 Å². The number of guanidine groups is 1. The standard InChI is InChI=1S/C18H28F2N4/c1-3-8-24-9-6-14(7-10-24)12-22-18(21-2)23-13-15-11-16(19)4-5-17(15)20/h4-5,11,14H,3,6-10,12-13H2,1-2H3,(H2,21,22,23). The lowest BCUT2D eigenvalue weighted by Gasteiger charge is -2.32. The molecule has 1 aromatic rings. The summed E-state index contributed by atoms with van der Waals surface area (Å²) < 4.78 is 26.8. The molecule has 0 radical (unpaired) electrons. The highest BCUT2D eigenvalue weighted by Gasteiger charge is 2.18. The Morgan fingerprint density at radius 3 is 2.67 bits per heavy atom. The average molecular weight is 338 g/mol. The molecule has 0 spiro atoms. The number of nitrogens with zero attached hydrogens (tertiary/aromatic N) is 2. The number of aliphatic imine (C=N–C) groups is 1. The van der Waals surface area contributed by atoms with Gasteiger partial charge in [-0.3, -0.25) is 4.99 Å². The monoisotopic (exact) mass is 338 g/mol. The molecule has 1 aliphatic heterocycles. The van der Waals surface area contributed by atoms with Crippen LogP contribution < -0.4 is 10.6 Å². The lowest BCUT2D eigenvalue weighted by Crippen LogP contribution is -2.42. The van der Waals surface area contributed by atoms with E-state index in [4.69, 9.17) is 0 Å². The van der Waals surface area contributed by atoms with Crippen molar-refractivity contribution in [2.45, 2.75) is 32.7 Å². The zero-order valence-corrected chi connectivity index (χ0v) is 14.6. The van der Waals surface area contributed by atoms with Crippen LogP contribution in [0.15, 0.2) is 23.2 Å². The lowest BCUT2D eigenvalue weighted by atomic mass is 9.97. The van der Waals surface area contributed by atoms with E-state index in [0.717, 1.165) is 31.8 Å². The Balaban J connectivity index is 1.74. The largest absolute Gasteiger partial charge is 0.356 e. The van der Waals surface area contributed by atoms with Gasteiger partial charge in [0.05, 0.1) is 0 Å². The molecular formula is C18H28F2N4. The molecule has 1 saturated heterocycles. The van der Waals surface area contributed by atoms with Gasteiger partial charge in [0.2, 0.25) is 0 Å². The fourth-order valence-corrected chi connectivity index (χ4v) is 3.05. The van der Waals surface area contributed by atoms with Gasteiger partial charge in [-0.15, -0.1) is 0 Å². The molecule has 134 valence electrons. The van der Waals surface area contributed by atoms with Crippen molar-refractivity contribution in [2.75, 3.05) is 33.2 Å². The van der Waals surface area contributed by atoms with Crippen molar-refractivity contribution in [3.8, 4) is 0 Å². The predicted molar refractivity (Wildman–Crippen MR) is 94.0 cm³/mol. The maximum Gasteiger partial charge on any atom is 0.191 e. The SMILES string of the molecule is CCCN1CCC(CNC(=NC)NCc2cc(F)ccc2F)CC1. The molecule has 1 aromatic carbocycles. The van der Waals surface area contributed by atoms with E-state index >= 15 is 0 Å². The fourth-order valence-electron chi connectivity index (χ4n) is 3.05. The fraction of sp³-hybridized carbons (Fsp3) is 0.611. The minimum atomic E-state index is -0.435. The number of nitrogens with one attached hydrogen (secondary N) is 2. The van der Waals surface area contributed by atoms with Gasteiger partial charge in [0.15, 0.2) is 5.96 Å². The smallest absolute Gasteiger partial charge is 0.191 e. The van der Waals surface area contributed by atoms with Crippen LogP contribution in [0.5, 0.6) is 0 Å². The zero-order chi connectivity index (χ0) is 17.4. The van der Waals surface area contributed by atoms with E-state index in [-0.39, 0.29) is 6.54 Å². The average Bonchev–Trinajstić information content (AvgIpc) is 2.59. The minimum Gasteiger partial charge on any atom is -0.356 e. The molecule has 0 unspecified atom stereocenters. The van der Waals surface area contributed by atoms with E-state index < -0.39 is 11.6 Å². The predicted octanol–water partition coefficient (Wildman–Crippen LogP) is 2.75. The molecule has 0 saturated carbocycles. The van der Waals surface area contributed by atoms with Crippen LogP contribution in [0.4, 0.5) is 8.78 Å². The first-order valence-corrected chi connectivity index (χ1v) is 8.73. The van der Waals surface area contributed by atoms with Gasteiger partial charge in [-0.1, -0.05) is 6.92 Å². The van der Waals surface area contributed by atoms with Crippen LogP contribution in [0.1, 0.15) is 31.7 Å². The Hall–Kier alpha value is -1.69. The summed E-state index contributed by atoms with van der Waals surface area (Å²) in [5.74, 6) is 0.398. The number of hydrogen-bond donors (Lipinski definition) is 2. The highest BCUT2D eigenvalue weighted by Crippen LogP contribution is 2.16. The second kappa shape index (κ2) is 9.57. The number of hydrogen-bond acceptors (Lipinski definition) is 2. The Labute approximate surface area is 143 Å². The summed E-state index contributed by atoms with van der Waals surface area (Å²) in [6.45, 7) is 6.76. The maximum absolute atomic E-state index is 13.6. The molecule has 0 atom stereocenters. The summed E-state index contributed by atoms with van der Waals surface area (Å²) in [6, 6.07) is 3.47. The van der Waals surface area contributed by atoms with E-state index in [1.165, 1.54) is 31.9 Å². The number of piperidine rings is 1. The van der Waals surface area contributed by atoms with Gasteiger partial charge in [0.1, 0.15) is 11.6 Å². The normalized spacial score (nSPS) is 17.1. The molecule has 24 heavy (non-hydrogen) atoms. The zero-order valence-electron chi connectivity index (χ0n) is 14.6. The van der Waals surface area contributed by atoms with Crippen molar-refractivity contribution in [3.05, 3.63) is 35.4 Å². The molecule has 4 nitrogen and oxygen atoms in total.